The van der Waals surface area contributed by atoms with Gasteiger partial charge >= 0.3 is 7.32 Å². The molecule has 0 aromatic rings. The normalized spacial score (nSPS) is 19.6. The maximum Gasteiger partial charge on any atom is 0.639 e. The Morgan fingerprint density at radius 3 is 2.23 bits per heavy atom. The molecule has 1 aliphatic rings. The molecule has 0 aromatic heterocycles. The summed E-state index contributed by atoms with van der Waals surface area (Å²) in [5.74, 6) is 0.446. The van der Waals surface area contributed by atoms with Crippen molar-refractivity contribution < 1.29 is 14.0 Å². The van der Waals surface area contributed by atoms with Crippen LogP contribution in [0.2, 0.25) is 0 Å². The van der Waals surface area contributed by atoms with E-state index in [9.17, 15) is 0 Å². The van der Waals surface area contributed by atoms with Crippen LogP contribution >= 0.6 is 0 Å². The van der Waals surface area contributed by atoms with Crippen LogP contribution < -0.4 is 0 Å². The van der Waals surface area contributed by atoms with Crippen molar-refractivity contribution >= 4 is 7.32 Å². The zero-order valence-corrected chi connectivity index (χ0v) is 9.00. The van der Waals surface area contributed by atoms with E-state index in [1.165, 1.54) is 0 Å². The van der Waals surface area contributed by atoms with Gasteiger partial charge in [-0.2, -0.15) is 0 Å². The van der Waals surface area contributed by atoms with E-state index in [1.54, 1.807) is 0 Å². The maximum atomic E-state index is 5.70. The molecule has 0 saturated carbocycles. The van der Waals surface area contributed by atoms with Crippen molar-refractivity contribution in [2.24, 2.45) is 5.92 Å². The minimum atomic E-state index is -0.467. The molecule has 0 atom stereocenters. The molecule has 0 amide bonds. The second-order valence-electron chi connectivity index (χ2n) is 4.26. The summed E-state index contributed by atoms with van der Waals surface area (Å²) >= 11 is 0. The van der Waals surface area contributed by atoms with Crippen LogP contribution in [-0.4, -0.2) is 26.1 Å². The number of rotatable bonds is 3. The first-order valence-corrected chi connectivity index (χ1v) is 4.93. The molecular formula is C9H19BO3. The van der Waals surface area contributed by atoms with E-state index in [4.69, 9.17) is 14.0 Å². The van der Waals surface area contributed by atoms with Gasteiger partial charge in [0.15, 0.2) is 0 Å². The maximum absolute atomic E-state index is 5.70. The summed E-state index contributed by atoms with van der Waals surface area (Å²) in [6.07, 6.45) is 0.960. The molecule has 76 valence electrons. The number of hydrogen-bond acceptors (Lipinski definition) is 3. The van der Waals surface area contributed by atoms with Crippen LogP contribution in [-0.2, 0) is 14.0 Å². The molecule has 0 aliphatic carbocycles. The second kappa shape index (κ2) is 4.44. The molecular weight excluding hydrogens is 167 g/mol. The Kier molecular flexibility index (Phi) is 3.77. The van der Waals surface area contributed by atoms with Gasteiger partial charge in [0.2, 0.25) is 0 Å². The average Bonchev–Trinajstić information content (AvgIpc) is 2.05. The first-order chi connectivity index (χ1) is 6.02. The highest BCUT2D eigenvalue weighted by molar-refractivity contribution is 6.36. The van der Waals surface area contributed by atoms with Gasteiger partial charge in [-0.25, -0.2) is 0 Å². The molecule has 0 unspecified atom stereocenters. The molecule has 0 aromatic carbocycles. The molecule has 0 bridgehead atoms. The first kappa shape index (κ1) is 11.0. The van der Waals surface area contributed by atoms with Gasteiger partial charge in [-0.3, -0.25) is 0 Å². The summed E-state index contributed by atoms with van der Waals surface area (Å²) in [5, 5.41) is 0. The van der Waals surface area contributed by atoms with E-state index in [-0.39, 0.29) is 5.60 Å². The van der Waals surface area contributed by atoms with E-state index in [0.717, 1.165) is 19.6 Å². The zero-order valence-electron chi connectivity index (χ0n) is 9.00. The van der Waals surface area contributed by atoms with E-state index < -0.39 is 7.32 Å². The Balaban J connectivity index is 2.37. The Morgan fingerprint density at radius 2 is 1.77 bits per heavy atom. The lowest BCUT2D eigenvalue weighted by atomic mass is 9.92. The predicted molar refractivity (Wildman–Crippen MR) is 52.3 cm³/mol. The summed E-state index contributed by atoms with van der Waals surface area (Å²) in [6, 6.07) is 0. The third-order valence-electron chi connectivity index (χ3n) is 2.59. The van der Waals surface area contributed by atoms with Gasteiger partial charge < -0.3 is 14.0 Å². The van der Waals surface area contributed by atoms with Crippen LogP contribution in [0.25, 0.3) is 0 Å². The average molecular weight is 186 g/mol. The van der Waals surface area contributed by atoms with Gasteiger partial charge in [0.25, 0.3) is 0 Å². The Labute approximate surface area is 80.9 Å². The van der Waals surface area contributed by atoms with Gasteiger partial charge in [0.1, 0.15) is 0 Å². The van der Waals surface area contributed by atoms with Crippen molar-refractivity contribution in [1.82, 2.24) is 0 Å². The highest BCUT2D eigenvalue weighted by Crippen LogP contribution is 2.22. The third-order valence-corrected chi connectivity index (χ3v) is 2.59. The lowest BCUT2D eigenvalue weighted by Gasteiger charge is -2.33. The fourth-order valence-corrected chi connectivity index (χ4v) is 0.918. The predicted octanol–water partition coefficient (Wildman–Crippen LogP) is 1.86. The lowest BCUT2D eigenvalue weighted by molar-refractivity contribution is -0.0313. The van der Waals surface area contributed by atoms with Gasteiger partial charge in [-0.05, 0) is 26.2 Å². The van der Waals surface area contributed by atoms with Gasteiger partial charge in [-0.1, -0.05) is 13.8 Å². The van der Waals surface area contributed by atoms with Crippen LogP contribution in [0.15, 0.2) is 0 Å². The molecule has 0 N–H and O–H groups in total. The van der Waals surface area contributed by atoms with E-state index >= 15 is 0 Å². The van der Waals surface area contributed by atoms with Gasteiger partial charge in [-0.15, -0.1) is 0 Å². The standard InChI is InChI=1S/C9H19BO3/c1-8(2)9(3,4)13-10-11-6-5-7-12-10/h8H,5-7H2,1-4H3. The molecule has 0 radical (unpaired) electrons. The van der Waals surface area contributed by atoms with E-state index in [2.05, 4.69) is 27.7 Å². The molecule has 1 saturated heterocycles. The third kappa shape index (κ3) is 3.29. The second-order valence-corrected chi connectivity index (χ2v) is 4.26. The summed E-state index contributed by atoms with van der Waals surface area (Å²) in [7, 11) is -0.467. The van der Waals surface area contributed by atoms with Crippen molar-refractivity contribution in [2.75, 3.05) is 13.2 Å². The molecule has 1 aliphatic heterocycles. The molecule has 1 rings (SSSR count). The van der Waals surface area contributed by atoms with Crippen molar-refractivity contribution in [3.8, 4) is 0 Å². The molecule has 3 nitrogen and oxygen atoms in total. The minimum absolute atomic E-state index is 0.192. The monoisotopic (exact) mass is 186 g/mol. The van der Waals surface area contributed by atoms with E-state index in [0.29, 0.717) is 5.92 Å². The molecule has 0 spiro atoms. The Hall–Kier alpha value is -0.0551. The van der Waals surface area contributed by atoms with Crippen LogP contribution in [0.4, 0.5) is 0 Å². The van der Waals surface area contributed by atoms with Crippen molar-refractivity contribution in [2.45, 2.75) is 39.7 Å². The van der Waals surface area contributed by atoms with Crippen LogP contribution in [0.1, 0.15) is 34.1 Å². The topological polar surface area (TPSA) is 27.7 Å². The Bertz CT molecular complexity index is 153. The fourth-order valence-electron chi connectivity index (χ4n) is 0.918. The lowest BCUT2D eigenvalue weighted by Crippen LogP contribution is -2.43. The largest absolute Gasteiger partial charge is 0.639 e. The van der Waals surface area contributed by atoms with Gasteiger partial charge in [0.05, 0.1) is 5.60 Å². The minimum Gasteiger partial charge on any atom is -0.386 e. The number of hydrogen-bond donors (Lipinski definition) is 0. The first-order valence-electron chi connectivity index (χ1n) is 4.93. The van der Waals surface area contributed by atoms with Crippen LogP contribution in [0.5, 0.6) is 0 Å². The smallest absolute Gasteiger partial charge is 0.386 e. The van der Waals surface area contributed by atoms with Crippen molar-refractivity contribution in [3.63, 3.8) is 0 Å². The summed E-state index contributed by atoms with van der Waals surface area (Å²) in [5.41, 5.74) is -0.192. The zero-order chi connectivity index (χ0) is 9.90. The van der Waals surface area contributed by atoms with Crippen molar-refractivity contribution in [1.29, 1.82) is 0 Å². The highest BCUT2D eigenvalue weighted by atomic mass is 16.7. The highest BCUT2D eigenvalue weighted by Gasteiger charge is 2.34. The molecule has 13 heavy (non-hydrogen) atoms. The molecule has 1 fully saturated rings. The van der Waals surface area contributed by atoms with Gasteiger partial charge in [0, 0.05) is 13.2 Å². The Morgan fingerprint density at radius 1 is 1.23 bits per heavy atom. The quantitative estimate of drug-likeness (QED) is 0.629. The summed E-state index contributed by atoms with van der Waals surface area (Å²) in [6.45, 7) is 9.83. The fraction of sp³-hybridized carbons (Fsp3) is 1.00. The summed E-state index contributed by atoms with van der Waals surface area (Å²) < 4.78 is 16.3. The van der Waals surface area contributed by atoms with Crippen LogP contribution in [0.3, 0.4) is 0 Å². The van der Waals surface area contributed by atoms with Crippen LogP contribution in [0, 0.1) is 5.92 Å². The van der Waals surface area contributed by atoms with E-state index in [1.807, 2.05) is 0 Å². The molecule has 4 heteroatoms. The van der Waals surface area contributed by atoms with Crippen molar-refractivity contribution in [3.05, 3.63) is 0 Å². The molecule has 1 heterocycles. The summed E-state index contributed by atoms with van der Waals surface area (Å²) in [4.78, 5) is 0. The SMILES string of the molecule is CC(C)C(C)(C)OB1OCCCO1.